The zero-order chi connectivity index (χ0) is 18.0. The number of rotatable bonds is 5. The molecule has 0 spiro atoms. The summed E-state index contributed by atoms with van der Waals surface area (Å²) in [6.07, 6.45) is 2.54. The van der Waals surface area contributed by atoms with E-state index in [1.807, 2.05) is 0 Å². The largest absolute Gasteiger partial charge is 0.459 e. The normalized spacial score (nSPS) is 11.4. The Bertz CT molecular complexity index is 1010. The van der Waals surface area contributed by atoms with Crippen LogP contribution in [-0.2, 0) is 21.2 Å². The van der Waals surface area contributed by atoms with E-state index in [0.717, 1.165) is 6.26 Å². The molecule has 2 heterocycles. The molecule has 0 bridgehead atoms. The molecule has 9 heteroatoms. The monoisotopic (exact) mass is 362 g/mol. The van der Waals surface area contributed by atoms with E-state index < -0.39 is 15.8 Å². The van der Waals surface area contributed by atoms with E-state index in [1.54, 1.807) is 25.1 Å². The van der Waals surface area contributed by atoms with Gasteiger partial charge in [-0.3, -0.25) is 0 Å². The zero-order valence-electron chi connectivity index (χ0n) is 13.4. The molecular weight excluding hydrogens is 348 g/mol. The first-order valence-electron chi connectivity index (χ1n) is 7.19. The number of sulfone groups is 1. The number of hydrogen-bond acceptors (Lipinski definition) is 8. The molecule has 0 amide bonds. The first-order valence-corrected chi connectivity index (χ1v) is 9.08. The van der Waals surface area contributed by atoms with E-state index in [1.165, 1.54) is 18.4 Å². The summed E-state index contributed by atoms with van der Waals surface area (Å²) in [7, 11) is -3.42. The number of nitrogens with zero attached hydrogens (tertiary/aromatic N) is 2. The molecule has 0 aliphatic carbocycles. The molecule has 8 nitrogen and oxygen atoms in total. The minimum atomic E-state index is -3.42. The molecule has 0 radical (unpaired) electrons. The second-order valence-corrected chi connectivity index (χ2v) is 7.33. The number of esters is 1. The van der Waals surface area contributed by atoms with Gasteiger partial charge >= 0.3 is 5.97 Å². The second-order valence-electron chi connectivity index (χ2n) is 5.32. The summed E-state index contributed by atoms with van der Waals surface area (Å²) in [5.74, 6) is 0.0668. The molecule has 0 N–H and O–H groups in total. The summed E-state index contributed by atoms with van der Waals surface area (Å²) in [5, 5.41) is 3.70. The average Bonchev–Trinajstić information content (AvgIpc) is 3.23. The van der Waals surface area contributed by atoms with Gasteiger partial charge in [0.05, 0.1) is 16.7 Å². The highest BCUT2D eigenvalue weighted by Crippen LogP contribution is 2.19. The van der Waals surface area contributed by atoms with E-state index in [-0.39, 0.29) is 28.8 Å². The average molecular weight is 362 g/mol. The lowest BCUT2D eigenvalue weighted by Gasteiger charge is -2.07. The van der Waals surface area contributed by atoms with E-state index in [2.05, 4.69) is 10.1 Å². The minimum Gasteiger partial charge on any atom is -0.459 e. The Hall–Kier alpha value is -2.94. The Morgan fingerprint density at radius 3 is 2.76 bits per heavy atom. The molecule has 0 atom stereocenters. The summed E-state index contributed by atoms with van der Waals surface area (Å²) in [6.45, 7) is 1.47. The van der Waals surface area contributed by atoms with Crippen LogP contribution in [0, 0.1) is 6.92 Å². The van der Waals surface area contributed by atoms with Gasteiger partial charge < -0.3 is 13.7 Å². The fourth-order valence-corrected chi connectivity index (χ4v) is 2.72. The lowest BCUT2D eigenvalue weighted by atomic mass is 10.1. The van der Waals surface area contributed by atoms with Crippen LogP contribution in [0.4, 0.5) is 0 Å². The van der Waals surface area contributed by atoms with Crippen molar-refractivity contribution >= 4 is 15.8 Å². The van der Waals surface area contributed by atoms with Crippen LogP contribution in [0.5, 0.6) is 0 Å². The van der Waals surface area contributed by atoms with Gasteiger partial charge in [-0.05, 0) is 36.8 Å². The van der Waals surface area contributed by atoms with E-state index in [9.17, 15) is 13.2 Å². The standard InChI is InChI=1S/C16H14N2O6S/c1-10-5-6-11(25(2,20)21)8-12(10)16(19)23-9-14-17-15(24-18-14)13-4-3-7-22-13/h3-8H,9H2,1-2H3. The second kappa shape index (κ2) is 6.52. The Labute approximate surface area is 143 Å². The molecule has 2 aromatic heterocycles. The third kappa shape index (κ3) is 3.77. The van der Waals surface area contributed by atoms with Gasteiger partial charge in [-0.2, -0.15) is 4.98 Å². The topological polar surface area (TPSA) is 112 Å². The SMILES string of the molecule is Cc1ccc(S(C)(=O)=O)cc1C(=O)OCc1noc(-c2ccco2)n1. The molecule has 0 aliphatic rings. The number of aryl methyl sites for hydroxylation is 1. The van der Waals surface area contributed by atoms with Crippen molar-refractivity contribution in [1.29, 1.82) is 0 Å². The van der Waals surface area contributed by atoms with Crippen molar-refractivity contribution in [3.63, 3.8) is 0 Å². The van der Waals surface area contributed by atoms with Crippen molar-refractivity contribution in [2.24, 2.45) is 0 Å². The van der Waals surface area contributed by atoms with Crippen molar-refractivity contribution in [3.8, 4) is 11.7 Å². The van der Waals surface area contributed by atoms with Gasteiger partial charge in [-0.15, -0.1) is 0 Å². The maximum absolute atomic E-state index is 12.2. The van der Waals surface area contributed by atoms with E-state index in [4.69, 9.17) is 13.7 Å². The van der Waals surface area contributed by atoms with Crippen LogP contribution in [0.3, 0.4) is 0 Å². The highest BCUT2D eigenvalue weighted by atomic mass is 32.2. The summed E-state index contributed by atoms with van der Waals surface area (Å²) in [5.41, 5.74) is 0.763. The predicted molar refractivity (Wildman–Crippen MR) is 85.4 cm³/mol. The number of carbonyl (C=O) groups is 1. The highest BCUT2D eigenvalue weighted by Gasteiger charge is 2.17. The van der Waals surface area contributed by atoms with Gasteiger partial charge in [0.25, 0.3) is 5.89 Å². The van der Waals surface area contributed by atoms with Gasteiger partial charge in [0, 0.05) is 6.26 Å². The van der Waals surface area contributed by atoms with Crippen molar-refractivity contribution in [2.75, 3.05) is 6.26 Å². The molecule has 0 saturated carbocycles. The van der Waals surface area contributed by atoms with Crippen molar-refractivity contribution in [2.45, 2.75) is 18.4 Å². The Morgan fingerprint density at radius 1 is 1.28 bits per heavy atom. The third-order valence-corrected chi connectivity index (χ3v) is 4.50. The highest BCUT2D eigenvalue weighted by molar-refractivity contribution is 7.90. The van der Waals surface area contributed by atoms with Gasteiger partial charge in [-0.1, -0.05) is 11.2 Å². The smallest absolute Gasteiger partial charge is 0.338 e. The van der Waals surface area contributed by atoms with E-state index in [0.29, 0.717) is 11.3 Å². The van der Waals surface area contributed by atoms with Crippen LogP contribution in [0.2, 0.25) is 0 Å². The number of hydrogen-bond donors (Lipinski definition) is 0. The summed E-state index contributed by atoms with van der Waals surface area (Å²) in [6, 6.07) is 7.62. The quantitative estimate of drug-likeness (QED) is 0.636. The molecule has 0 unspecified atom stereocenters. The lowest BCUT2D eigenvalue weighted by Crippen LogP contribution is -2.09. The van der Waals surface area contributed by atoms with Gasteiger partial charge in [0.1, 0.15) is 0 Å². The van der Waals surface area contributed by atoms with Crippen LogP contribution in [-0.4, -0.2) is 30.8 Å². The van der Waals surface area contributed by atoms with Crippen LogP contribution < -0.4 is 0 Å². The summed E-state index contributed by atoms with van der Waals surface area (Å²) in [4.78, 5) is 16.3. The first kappa shape index (κ1) is 16.9. The number of ether oxygens (including phenoxy) is 1. The Kier molecular flexibility index (Phi) is 4.41. The number of aromatic nitrogens is 2. The van der Waals surface area contributed by atoms with Crippen molar-refractivity contribution < 1.29 is 26.9 Å². The molecular formula is C16H14N2O6S. The van der Waals surface area contributed by atoms with Crippen molar-refractivity contribution in [1.82, 2.24) is 10.1 Å². The van der Waals surface area contributed by atoms with Crippen molar-refractivity contribution in [3.05, 3.63) is 53.5 Å². The van der Waals surface area contributed by atoms with Gasteiger partial charge in [0.2, 0.25) is 5.82 Å². The molecule has 25 heavy (non-hydrogen) atoms. The Morgan fingerprint density at radius 2 is 2.08 bits per heavy atom. The summed E-state index contributed by atoms with van der Waals surface area (Å²) < 4.78 is 38.5. The number of furan rings is 1. The predicted octanol–water partition coefficient (Wildman–Crippen LogP) is 2.40. The maximum atomic E-state index is 12.2. The van der Waals surface area contributed by atoms with Crippen LogP contribution >= 0.6 is 0 Å². The Balaban J connectivity index is 1.73. The molecule has 130 valence electrons. The zero-order valence-corrected chi connectivity index (χ0v) is 14.2. The fraction of sp³-hybridized carbons (Fsp3) is 0.188. The molecule has 0 aliphatic heterocycles. The number of carbonyl (C=O) groups excluding carboxylic acids is 1. The summed E-state index contributed by atoms with van der Waals surface area (Å²) >= 11 is 0. The maximum Gasteiger partial charge on any atom is 0.338 e. The van der Waals surface area contributed by atoms with E-state index >= 15 is 0 Å². The molecule has 1 aromatic carbocycles. The molecule has 0 saturated heterocycles. The molecule has 0 fully saturated rings. The van der Waals surface area contributed by atoms with Gasteiger partial charge in [-0.25, -0.2) is 13.2 Å². The molecule has 3 rings (SSSR count). The van der Waals surface area contributed by atoms with Crippen LogP contribution in [0.1, 0.15) is 21.7 Å². The first-order chi connectivity index (χ1) is 11.8. The molecule has 3 aromatic rings. The lowest BCUT2D eigenvalue weighted by molar-refractivity contribution is 0.0458. The van der Waals surface area contributed by atoms with Crippen LogP contribution in [0.15, 0.2) is 50.4 Å². The van der Waals surface area contributed by atoms with Gasteiger partial charge in [0.15, 0.2) is 22.2 Å². The number of benzene rings is 1. The minimum absolute atomic E-state index is 0.0460. The van der Waals surface area contributed by atoms with Crippen LogP contribution in [0.25, 0.3) is 11.7 Å². The third-order valence-electron chi connectivity index (χ3n) is 3.39. The fourth-order valence-electron chi connectivity index (χ4n) is 2.07.